The first-order chi connectivity index (χ1) is 21.7. The average Bonchev–Trinajstić information content (AvgIpc) is 3.03. The molecule has 254 valence electrons. The van der Waals surface area contributed by atoms with E-state index >= 15 is 0 Å². The molecular weight excluding hydrogens is 606 g/mol. The van der Waals surface area contributed by atoms with Gasteiger partial charge in [-0.05, 0) is 47.2 Å². The van der Waals surface area contributed by atoms with Gasteiger partial charge in [-0.3, -0.25) is 19.2 Å². The molecule has 0 aromatic heterocycles. The highest BCUT2D eigenvalue weighted by Crippen LogP contribution is 2.18. The number of aliphatic hydroxyl groups excluding tert-OH is 2. The standard InChI is InChI=1S/C32H44F2N4O8/c1-17(2)23(29(41)35-5)37-31(43)27(45-15-19-7-11-21(33)12-8-19)25(39)26(40)28(46-16-20-9-13-22(34)14-10-20)32(44)38-24(18(3)4)30(42)36-6/h7-14,17-18,23-28,39-40H,15-16H2,1-6H3,(H,35,41)(H,36,42)(H,37,43)(H,38,44)/t23-,24-,25+,26+,27+,28+/m0/s1. The fraction of sp³-hybridized carbons (Fsp3) is 0.500. The SMILES string of the molecule is CNC(=O)[C@@H](NC(=O)[C@H](OCc1ccc(F)cc1)[C@H](O)[C@@H](O)[C@@H](OCc1ccc(F)cc1)C(=O)N[C@H](C(=O)NC)C(C)C)C(C)C. The monoisotopic (exact) mass is 650 g/mol. The molecular formula is C32H44F2N4O8. The number of hydrogen-bond donors (Lipinski definition) is 6. The molecule has 0 aliphatic heterocycles. The summed E-state index contributed by atoms with van der Waals surface area (Å²) in [4.78, 5) is 52.0. The number of rotatable bonds is 17. The minimum Gasteiger partial charge on any atom is -0.387 e. The third-order valence-corrected chi connectivity index (χ3v) is 7.16. The zero-order chi connectivity index (χ0) is 34.6. The molecule has 46 heavy (non-hydrogen) atoms. The predicted molar refractivity (Wildman–Crippen MR) is 164 cm³/mol. The zero-order valence-corrected chi connectivity index (χ0v) is 26.8. The van der Waals surface area contributed by atoms with E-state index in [0.29, 0.717) is 11.1 Å². The zero-order valence-electron chi connectivity index (χ0n) is 26.8. The number of likely N-dealkylation sites (N-methyl/N-ethyl adjacent to an activating group) is 2. The summed E-state index contributed by atoms with van der Waals surface area (Å²) in [7, 11) is 2.77. The molecule has 2 aromatic rings. The van der Waals surface area contributed by atoms with Gasteiger partial charge in [0.1, 0.15) is 35.9 Å². The van der Waals surface area contributed by atoms with Crippen LogP contribution < -0.4 is 21.3 Å². The predicted octanol–water partition coefficient (Wildman–Crippen LogP) is 0.931. The Kier molecular flexibility index (Phi) is 15.1. The van der Waals surface area contributed by atoms with Crippen LogP contribution in [0.25, 0.3) is 0 Å². The molecule has 2 rings (SSSR count). The van der Waals surface area contributed by atoms with E-state index in [1.807, 2.05) is 0 Å². The summed E-state index contributed by atoms with van der Waals surface area (Å²) in [6.07, 6.45) is -7.98. The van der Waals surface area contributed by atoms with Crippen molar-refractivity contribution in [3.8, 4) is 0 Å². The Hall–Kier alpha value is -3.98. The molecule has 0 aliphatic rings. The van der Waals surface area contributed by atoms with Crippen molar-refractivity contribution >= 4 is 23.6 Å². The van der Waals surface area contributed by atoms with Crippen molar-refractivity contribution in [1.82, 2.24) is 21.3 Å². The number of carbonyl (C=O) groups is 4. The lowest BCUT2D eigenvalue weighted by Crippen LogP contribution is -2.60. The van der Waals surface area contributed by atoms with E-state index in [1.165, 1.54) is 62.6 Å². The number of benzene rings is 2. The molecule has 2 aromatic carbocycles. The topological polar surface area (TPSA) is 175 Å². The van der Waals surface area contributed by atoms with Gasteiger partial charge in [-0.1, -0.05) is 52.0 Å². The molecule has 12 nitrogen and oxygen atoms in total. The largest absolute Gasteiger partial charge is 0.387 e. The van der Waals surface area contributed by atoms with Gasteiger partial charge in [-0.2, -0.15) is 0 Å². The van der Waals surface area contributed by atoms with E-state index in [2.05, 4.69) is 21.3 Å². The molecule has 0 bridgehead atoms. The molecule has 4 amide bonds. The van der Waals surface area contributed by atoms with E-state index in [4.69, 9.17) is 9.47 Å². The van der Waals surface area contributed by atoms with Crippen molar-refractivity contribution in [1.29, 1.82) is 0 Å². The van der Waals surface area contributed by atoms with E-state index in [0.717, 1.165) is 0 Å². The Balaban J connectivity index is 2.45. The number of ether oxygens (including phenoxy) is 2. The fourth-order valence-corrected chi connectivity index (χ4v) is 4.40. The molecule has 0 unspecified atom stereocenters. The maximum Gasteiger partial charge on any atom is 0.252 e. The fourth-order valence-electron chi connectivity index (χ4n) is 4.40. The summed E-state index contributed by atoms with van der Waals surface area (Å²) in [5.41, 5.74) is 0.833. The summed E-state index contributed by atoms with van der Waals surface area (Å²) in [6, 6.07) is 8.13. The van der Waals surface area contributed by atoms with E-state index < -0.39 is 71.8 Å². The van der Waals surface area contributed by atoms with Gasteiger partial charge in [-0.15, -0.1) is 0 Å². The van der Waals surface area contributed by atoms with Crippen molar-refractivity contribution in [2.24, 2.45) is 11.8 Å². The van der Waals surface area contributed by atoms with Gasteiger partial charge in [0.05, 0.1) is 13.2 Å². The molecule has 0 spiro atoms. The minimum absolute atomic E-state index is 0.326. The third kappa shape index (κ3) is 11.1. The van der Waals surface area contributed by atoms with Crippen LogP contribution in [-0.4, -0.2) is 84.4 Å². The molecule has 6 atom stereocenters. The Labute approximate surface area is 267 Å². The molecule has 14 heteroatoms. The highest BCUT2D eigenvalue weighted by Gasteiger charge is 2.42. The molecule has 0 aliphatic carbocycles. The second kappa shape index (κ2) is 18.2. The van der Waals surface area contributed by atoms with Crippen LogP contribution in [0.15, 0.2) is 48.5 Å². The number of amides is 4. The molecule has 0 saturated carbocycles. The Morgan fingerprint density at radius 2 is 0.913 bits per heavy atom. The third-order valence-electron chi connectivity index (χ3n) is 7.16. The maximum atomic E-state index is 13.5. The number of hydrogen-bond acceptors (Lipinski definition) is 8. The lowest BCUT2D eigenvalue weighted by atomic mass is 9.98. The van der Waals surface area contributed by atoms with Crippen molar-refractivity contribution in [2.75, 3.05) is 14.1 Å². The summed E-state index contributed by atoms with van der Waals surface area (Å²) in [5.74, 6) is -4.82. The van der Waals surface area contributed by atoms with Gasteiger partial charge < -0.3 is 41.0 Å². The van der Waals surface area contributed by atoms with Crippen LogP contribution >= 0.6 is 0 Å². The minimum atomic E-state index is -2.13. The van der Waals surface area contributed by atoms with Gasteiger partial charge in [0.15, 0.2) is 12.2 Å². The van der Waals surface area contributed by atoms with E-state index in [1.54, 1.807) is 27.7 Å². The van der Waals surface area contributed by atoms with Crippen molar-refractivity contribution in [3.63, 3.8) is 0 Å². The molecule has 0 heterocycles. The molecule has 0 saturated heterocycles. The Morgan fingerprint density at radius 1 is 0.609 bits per heavy atom. The van der Waals surface area contributed by atoms with Crippen LogP contribution in [0.2, 0.25) is 0 Å². The van der Waals surface area contributed by atoms with Crippen molar-refractivity contribution in [2.45, 2.75) is 77.4 Å². The van der Waals surface area contributed by atoms with Gasteiger partial charge in [0.25, 0.3) is 11.8 Å². The summed E-state index contributed by atoms with van der Waals surface area (Å²) in [6.45, 7) is 6.08. The van der Waals surface area contributed by atoms with Crippen LogP contribution in [-0.2, 0) is 41.9 Å². The first kappa shape index (κ1) is 38.2. The second-order valence-electron chi connectivity index (χ2n) is 11.4. The van der Waals surface area contributed by atoms with Crippen LogP contribution in [0, 0.1) is 23.5 Å². The summed E-state index contributed by atoms with van der Waals surface area (Å²) >= 11 is 0. The van der Waals surface area contributed by atoms with Crippen LogP contribution in [0.1, 0.15) is 38.8 Å². The highest BCUT2D eigenvalue weighted by atomic mass is 19.1. The maximum absolute atomic E-state index is 13.5. The van der Waals surface area contributed by atoms with Gasteiger partial charge in [0.2, 0.25) is 11.8 Å². The average molecular weight is 651 g/mol. The molecule has 0 fully saturated rings. The first-order valence-corrected chi connectivity index (χ1v) is 14.8. The first-order valence-electron chi connectivity index (χ1n) is 14.8. The quantitative estimate of drug-likeness (QED) is 0.147. The summed E-state index contributed by atoms with van der Waals surface area (Å²) < 4.78 is 38.4. The smallest absolute Gasteiger partial charge is 0.252 e. The van der Waals surface area contributed by atoms with Gasteiger partial charge in [-0.25, -0.2) is 8.78 Å². The van der Waals surface area contributed by atoms with Crippen LogP contribution in [0.4, 0.5) is 8.78 Å². The number of nitrogens with one attached hydrogen (secondary N) is 4. The number of aliphatic hydroxyl groups is 2. The number of carbonyl (C=O) groups excluding carboxylic acids is 4. The molecule has 0 radical (unpaired) electrons. The highest BCUT2D eigenvalue weighted by molar-refractivity contribution is 5.91. The van der Waals surface area contributed by atoms with Gasteiger partial charge in [0, 0.05) is 14.1 Å². The van der Waals surface area contributed by atoms with Crippen LogP contribution in [0.3, 0.4) is 0 Å². The van der Waals surface area contributed by atoms with Gasteiger partial charge >= 0.3 is 0 Å². The number of halogens is 2. The van der Waals surface area contributed by atoms with Crippen LogP contribution in [0.5, 0.6) is 0 Å². The second-order valence-corrected chi connectivity index (χ2v) is 11.4. The Morgan fingerprint density at radius 3 is 1.17 bits per heavy atom. The van der Waals surface area contributed by atoms with Crippen molar-refractivity contribution in [3.05, 3.63) is 71.3 Å². The van der Waals surface area contributed by atoms with Crippen molar-refractivity contribution < 1.29 is 47.6 Å². The Bertz CT molecular complexity index is 1190. The lowest BCUT2D eigenvalue weighted by molar-refractivity contribution is -0.171. The summed E-state index contributed by atoms with van der Waals surface area (Å²) in [5, 5.41) is 32.7. The van der Waals surface area contributed by atoms with E-state index in [-0.39, 0.29) is 25.0 Å². The lowest BCUT2D eigenvalue weighted by Gasteiger charge is -2.32. The molecule has 6 N–H and O–H groups in total. The van der Waals surface area contributed by atoms with E-state index in [9.17, 15) is 38.2 Å². The normalized spacial score (nSPS) is 15.3.